The molecule has 0 N–H and O–H groups in total. The fraction of sp³-hybridized carbons (Fsp3) is 0.286. The van der Waals surface area contributed by atoms with Crippen molar-refractivity contribution in [3.05, 3.63) is 40.5 Å². The Bertz CT molecular complexity index is 429. The molecule has 0 aliphatic heterocycles. The first-order valence-electron chi connectivity index (χ1n) is 4.94. The second-order valence-corrected chi connectivity index (χ2v) is 3.61. The van der Waals surface area contributed by atoms with Crippen LogP contribution in [0, 0.1) is 26.2 Å². The summed E-state index contributed by atoms with van der Waals surface area (Å²) in [6.07, 6.45) is 7.75. The van der Waals surface area contributed by atoms with Crippen LogP contribution in [0.25, 0.3) is 6.08 Å². The maximum Gasteiger partial charge on any atom is 0.123 e. The van der Waals surface area contributed by atoms with Crippen molar-refractivity contribution in [2.45, 2.75) is 26.9 Å². The molecule has 0 radical (unpaired) electrons. The predicted octanol–water partition coefficient (Wildman–Crippen LogP) is 4.38. The third-order valence-electron chi connectivity index (χ3n) is 2.66. The molecule has 0 amide bonds. The summed E-state index contributed by atoms with van der Waals surface area (Å²) in [5.74, 6) is 2.45. The van der Waals surface area contributed by atoms with Crippen molar-refractivity contribution >= 4 is 6.08 Å². The van der Waals surface area contributed by atoms with E-state index in [9.17, 15) is 4.39 Å². The third-order valence-corrected chi connectivity index (χ3v) is 2.66. The third kappa shape index (κ3) is 2.93. The van der Waals surface area contributed by atoms with Gasteiger partial charge in [0.2, 0.25) is 0 Å². The van der Waals surface area contributed by atoms with Crippen LogP contribution >= 0.6 is 0 Å². The first-order chi connectivity index (χ1) is 7.07. The first-order valence-corrected chi connectivity index (χ1v) is 4.94. The van der Waals surface area contributed by atoms with Crippen molar-refractivity contribution in [1.82, 2.24) is 0 Å². The van der Waals surface area contributed by atoms with Gasteiger partial charge in [0.15, 0.2) is 0 Å². The maximum atomic E-state index is 13.2. The molecule has 0 heterocycles. The Kier molecular flexibility index (Phi) is 5.46. The molecule has 0 spiro atoms. The zero-order valence-corrected chi connectivity index (χ0v) is 9.75. The van der Waals surface area contributed by atoms with Crippen molar-refractivity contribution in [2.75, 3.05) is 0 Å². The standard InChI is InChI=1S/C14H15F.FH.H2/c1-5-6-7-13-8-9-14(12(4)15)11(3)10(13)2;;/h1,6-9,12H,2-4H3;2*1H/b7-6-;;. The highest BCUT2D eigenvalue weighted by atomic mass is 19.1. The molecule has 0 saturated heterocycles. The van der Waals surface area contributed by atoms with Crippen LogP contribution in [0.4, 0.5) is 9.09 Å². The number of allylic oxidation sites excluding steroid dienone is 1. The zero-order chi connectivity index (χ0) is 11.4. The second-order valence-electron chi connectivity index (χ2n) is 3.61. The fourth-order valence-electron chi connectivity index (χ4n) is 1.61. The number of hydrogen-bond acceptors (Lipinski definition) is 0. The lowest BCUT2D eigenvalue weighted by molar-refractivity contribution is 0.372. The quantitative estimate of drug-likeness (QED) is 0.654. The van der Waals surface area contributed by atoms with E-state index in [1.807, 2.05) is 32.1 Å². The van der Waals surface area contributed by atoms with E-state index < -0.39 is 6.17 Å². The van der Waals surface area contributed by atoms with E-state index in [0.29, 0.717) is 0 Å². The molecule has 0 aromatic heterocycles. The average molecular weight is 224 g/mol. The van der Waals surface area contributed by atoms with E-state index in [0.717, 1.165) is 22.3 Å². The smallest absolute Gasteiger partial charge is 0.123 e. The molecule has 0 aliphatic carbocycles. The van der Waals surface area contributed by atoms with Crippen LogP contribution in [0.5, 0.6) is 0 Å². The molecule has 1 unspecified atom stereocenters. The topological polar surface area (TPSA) is 0 Å². The summed E-state index contributed by atoms with van der Waals surface area (Å²) < 4.78 is 13.2. The van der Waals surface area contributed by atoms with E-state index in [2.05, 4.69) is 5.92 Å². The summed E-state index contributed by atoms with van der Waals surface area (Å²) in [6, 6.07) is 3.73. The van der Waals surface area contributed by atoms with Crippen LogP contribution in [0.3, 0.4) is 0 Å². The molecule has 0 nitrogen and oxygen atoms in total. The first kappa shape index (κ1) is 14.4. The number of hydrogen-bond donors (Lipinski definition) is 0. The highest BCUT2D eigenvalue weighted by molar-refractivity contribution is 5.59. The molecule has 0 saturated carbocycles. The van der Waals surface area contributed by atoms with Crippen molar-refractivity contribution in [3.63, 3.8) is 0 Å². The Morgan fingerprint density at radius 2 is 2.00 bits per heavy atom. The number of terminal acetylenes is 1. The number of rotatable bonds is 2. The molecule has 16 heavy (non-hydrogen) atoms. The predicted molar refractivity (Wildman–Crippen MR) is 67.9 cm³/mol. The highest BCUT2D eigenvalue weighted by Crippen LogP contribution is 2.25. The van der Waals surface area contributed by atoms with Crippen LogP contribution < -0.4 is 0 Å². The fourth-order valence-corrected chi connectivity index (χ4v) is 1.61. The molecule has 1 rings (SSSR count). The zero-order valence-electron chi connectivity index (χ0n) is 9.75. The van der Waals surface area contributed by atoms with Crippen molar-refractivity contribution in [3.8, 4) is 12.3 Å². The van der Waals surface area contributed by atoms with Gasteiger partial charge in [0, 0.05) is 1.43 Å². The molecule has 1 aromatic carbocycles. The summed E-state index contributed by atoms with van der Waals surface area (Å²) in [5.41, 5.74) is 3.90. The number of halogens is 2. The van der Waals surface area contributed by atoms with E-state index in [4.69, 9.17) is 6.42 Å². The summed E-state index contributed by atoms with van der Waals surface area (Å²) >= 11 is 0. The molecule has 0 bridgehead atoms. The highest BCUT2D eigenvalue weighted by Gasteiger charge is 2.09. The van der Waals surface area contributed by atoms with Gasteiger partial charge in [-0.1, -0.05) is 18.1 Å². The van der Waals surface area contributed by atoms with Crippen LogP contribution in [0.1, 0.15) is 36.8 Å². The van der Waals surface area contributed by atoms with Gasteiger partial charge < -0.3 is 0 Å². The van der Waals surface area contributed by atoms with Gasteiger partial charge in [-0.05, 0) is 55.2 Å². The van der Waals surface area contributed by atoms with Gasteiger partial charge in [-0.25, -0.2) is 4.39 Å². The Morgan fingerprint density at radius 3 is 2.50 bits per heavy atom. The van der Waals surface area contributed by atoms with Crippen LogP contribution in [-0.2, 0) is 0 Å². The Morgan fingerprint density at radius 1 is 1.38 bits per heavy atom. The van der Waals surface area contributed by atoms with Gasteiger partial charge in [-0.2, -0.15) is 0 Å². The lowest BCUT2D eigenvalue weighted by Gasteiger charge is -2.12. The Hall–Kier alpha value is -1.62. The molecule has 0 aliphatic rings. The molecule has 1 aromatic rings. The van der Waals surface area contributed by atoms with Crippen molar-refractivity contribution in [1.29, 1.82) is 0 Å². The van der Waals surface area contributed by atoms with Crippen LogP contribution in [0.2, 0.25) is 0 Å². The van der Waals surface area contributed by atoms with Crippen molar-refractivity contribution in [2.24, 2.45) is 0 Å². The van der Waals surface area contributed by atoms with Gasteiger partial charge >= 0.3 is 0 Å². The van der Waals surface area contributed by atoms with E-state index in [1.54, 1.807) is 13.0 Å². The van der Waals surface area contributed by atoms with Gasteiger partial charge in [-0.15, -0.1) is 6.42 Å². The summed E-state index contributed by atoms with van der Waals surface area (Å²) in [5, 5.41) is 0. The van der Waals surface area contributed by atoms with Crippen LogP contribution in [0.15, 0.2) is 18.2 Å². The second kappa shape index (κ2) is 6.07. The normalized spacial score (nSPS) is 11.9. The van der Waals surface area contributed by atoms with E-state index in [1.165, 1.54) is 0 Å². The minimum absolute atomic E-state index is 0. The lowest BCUT2D eigenvalue weighted by Crippen LogP contribution is -1.95. The SMILES string of the molecule is C#C/C=C\c1ccc(C(C)F)c(C)c1C.F.[HH]. The summed E-state index contributed by atoms with van der Waals surface area (Å²) in [4.78, 5) is 0. The Labute approximate surface area is 97.0 Å². The summed E-state index contributed by atoms with van der Waals surface area (Å²) in [6.45, 7) is 5.48. The van der Waals surface area contributed by atoms with Gasteiger partial charge in [0.05, 0.1) is 0 Å². The summed E-state index contributed by atoms with van der Waals surface area (Å²) in [7, 11) is 0. The Balaban J connectivity index is 0. The number of benzene rings is 1. The van der Waals surface area contributed by atoms with E-state index >= 15 is 0 Å². The molecule has 1 atom stereocenters. The minimum Gasteiger partial charge on any atom is -0.269 e. The van der Waals surface area contributed by atoms with Crippen molar-refractivity contribution < 1.29 is 10.5 Å². The van der Waals surface area contributed by atoms with Gasteiger partial charge in [-0.3, -0.25) is 4.70 Å². The van der Waals surface area contributed by atoms with Crippen LogP contribution in [-0.4, -0.2) is 0 Å². The average Bonchev–Trinajstić information content (AvgIpc) is 2.20. The molecule has 2 heteroatoms. The molecule has 0 fully saturated rings. The molecule has 88 valence electrons. The number of alkyl halides is 1. The molecular formula is C14H18F2. The van der Waals surface area contributed by atoms with E-state index in [-0.39, 0.29) is 6.13 Å². The van der Waals surface area contributed by atoms with Gasteiger partial charge in [0.25, 0.3) is 0 Å². The maximum absolute atomic E-state index is 13.2. The molecular weight excluding hydrogens is 206 g/mol. The monoisotopic (exact) mass is 224 g/mol. The largest absolute Gasteiger partial charge is 0.269 e. The lowest BCUT2D eigenvalue weighted by atomic mass is 9.96. The van der Waals surface area contributed by atoms with Gasteiger partial charge in [0.1, 0.15) is 6.17 Å². The minimum atomic E-state index is -0.922.